The third kappa shape index (κ3) is 8.94. The van der Waals surface area contributed by atoms with Crippen molar-refractivity contribution in [2.24, 2.45) is 11.8 Å². The Kier molecular flexibility index (Phi) is 10.1. The van der Waals surface area contributed by atoms with Crippen LogP contribution in [0.5, 0.6) is 0 Å². The molecule has 0 heterocycles. The van der Waals surface area contributed by atoms with Crippen molar-refractivity contribution >= 4 is 11.9 Å². The number of esters is 2. The smallest absolute Gasteiger partial charge is 0.306 e. The molecule has 0 rings (SSSR count). The molecule has 0 saturated heterocycles. The second kappa shape index (κ2) is 10.7. The van der Waals surface area contributed by atoms with Gasteiger partial charge in [0.2, 0.25) is 0 Å². The van der Waals surface area contributed by atoms with Gasteiger partial charge in [-0.2, -0.15) is 0 Å². The van der Waals surface area contributed by atoms with E-state index in [-0.39, 0.29) is 30.9 Å². The number of carbonyl (C=O) groups is 2. The van der Waals surface area contributed by atoms with Crippen LogP contribution >= 0.6 is 0 Å². The third-order valence-corrected chi connectivity index (χ3v) is 3.42. The predicted molar refractivity (Wildman–Crippen MR) is 79.3 cm³/mol. The van der Waals surface area contributed by atoms with Crippen molar-refractivity contribution in [3.05, 3.63) is 0 Å². The molecule has 20 heavy (non-hydrogen) atoms. The summed E-state index contributed by atoms with van der Waals surface area (Å²) in [6.45, 7) is 10.6. The van der Waals surface area contributed by atoms with Crippen molar-refractivity contribution in [3.8, 4) is 0 Å². The van der Waals surface area contributed by atoms with Crippen molar-refractivity contribution < 1.29 is 19.1 Å². The Morgan fingerprint density at radius 2 is 1.55 bits per heavy atom. The van der Waals surface area contributed by atoms with Gasteiger partial charge in [0.1, 0.15) is 6.10 Å². The SMILES string of the molecule is CCC(C)COC(=O)CCCC(=O)OC(CC)C(C)C. The fourth-order valence-corrected chi connectivity index (χ4v) is 1.72. The Morgan fingerprint density at radius 3 is 2.05 bits per heavy atom. The van der Waals surface area contributed by atoms with Gasteiger partial charge in [0, 0.05) is 12.8 Å². The van der Waals surface area contributed by atoms with Gasteiger partial charge < -0.3 is 9.47 Å². The molecule has 0 bridgehead atoms. The third-order valence-electron chi connectivity index (χ3n) is 3.42. The van der Waals surface area contributed by atoms with E-state index >= 15 is 0 Å². The number of ether oxygens (including phenoxy) is 2. The summed E-state index contributed by atoms with van der Waals surface area (Å²) in [5, 5.41) is 0. The number of hydrogen-bond donors (Lipinski definition) is 0. The minimum absolute atomic E-state index is 0.0279. The molecule has 0 saturated carbocycles. The first kappa shape index (κ1) is 18.9. The molecule has 118 valence electrons. The second-order valence-corrected chi connectivity index (χ2v) is 5.73. The number of carbonyl (C=O) groups excluding carboxylic acids is 2. The lowest BCUT2D eigenvalue weighted by Gasteiger charge is -2.19. The van der Waals surface area contributed by atoms with Gasteiger partial charge in [-0.1, -0.05) is 41.0 Å². The Bertz CT molecular complexity index is 286. The topological polar surface area (TPSA) is 52.6 Å². The van der Waals surface area contributed by atoms with Crippen LogP contribution in [0.4, 0.5) is 0 Å². The van der Waals surface area contributed by atoms with E-state index in [0.717, 1.165) is 12.8 Å². The van der Waals surface area contributed by atoms with Crippen molar-refractivity contribution in [2.45, 2.75) is 72.8 Å². The number of hydrogen-bond acceptors (Lipinski definition) is 4. The highest BCUT2D eigenvalue weighted by atomic mass is 16.5. The minimum atomic E-state index is -0.228. The van der Waals surface area contributed by atoms with Gasteiger partial charge in [-0.3, -0.25) is 9.59 Å². The molecule has 0 fully saturated rings. The minimum Gasteiger partial charge on any atom is -0.465 e. The normalized spacial score (nSPS) is 13.9. The van der Waals surface area contributed by atoms with E-state index in [1.807, 2.05) is 27.7 Å². The zero-order valence-corrected chi connectivity index (χ0v) is 13.6. The molecule has 0 aliphatic heterocycles. The van der Waals surface area contributed by atoms with Gasteiger partial charge in [0.25, 0.3) is 0 Å². The zero-order chi connectivity index (χ0) is 15.5. The molecule has 0 amide bonds. The van der Waals surface area contributed by atoms with Crippen LogP contribution in [0.3, 0.4) is 0 Å². The first-order valence-electron chi connectivity index (χ1n) is 7.75. The quantitative estimate of drug-likeness (QED) is 0.574. The molecule has 0 aromatic carbocycles. The molecule has 0 radical (unpaired) electrons. The molecule has 0 spiro atoms. The molecule has 4 heteroatoms. The van der Waals surface area contributed by atoms with Gasteiger partial charge in [-0.25, -0.2) is 0 Å². The average molecular weight is 286 g/mol. The summed E-state index contributed by atoms with van der Waals surface area (Å²) < 4.78 is 10.5. The molecule has 2 unspecified atom stereocenters. The van der Waals surface area contributed by atoms with Crippen molar-refractivity contribution in [2.75, 3.05) is 6.61 Å². The van der Waals surface area contributed by atoms with Gasteiger partial charge in [-0.05, 0) is 24.7 Å². The van der Waals surface area contributed by atoms with Crippen molar-refractivity contribution in [1.29, 1.82) is 0 Å². The molecule has 2 atom stereocenters. The Balaban J connectivity index is 3.77. The van der Waals surface area contributed by atoms with Crippen LogP contribution in [0, 0.1) is 11.8 Å². The van der Waals surface area contributed by atoms with E-state index in [9.17, 15) is 9.59 Å². The summed E-state index contributed by atoms with van der Waals surface area (Å²) in [6, 6.07) is 0. The molecular formula is C16H30O4. The maximum Gasteiger partial charge on any atom is 0.306 e. The van der Waals surface area contributed by atoms with E-state index in [1.54, 1.807) is 0 Å². The van der Waals surface area contributed by atoms with Crippen LogP contribution in [0.25, 0.3) is 0 Å². The van der Waals surface area contributed by atoms with Gasteiger partial charge in [0.15, 0.2) is 0 Å². The lowest BCUT2D eigenvalue weighted by Crippen LogP contribution is -2.22. The van der Waals surface area contributed by atoms with Crippen LogP contribution < -0.4 is 0 Å². The lowest BCUT2D eigenvalue weighted by atomic mass is 10.1. The lowest BCUT2D eigenvalue weighted by molar-refractivity contribution is -0.152. The van der Waals surface area contributed by atoms with Gasteiger partial charge in [-0.15, -0.1) is 0 Å². The summed E-state index contributed by atoms with van der Waals surface area (Å²) in [4.78, 5) is 23.1. The molecule has 0 N–H and O–H groups in total. The molecule has 4 nitrogen and oxygen atoms in total. The molecule has 0 aliphatic rings. The zero-order valence-electron chi connectivity index (χ0n) is 13.6. The largest absolute Gasteiger partial charge is 0.465 e. The summed E-state index contributed by atoms with van der Waals surface area (Å²) in [5.41, 5.74) is 0. The summed E-state index contributed by atoms with van der Waals surface area (Å²) >= 11 is 0. The second-order valence-electron chi connectivity index (χ2n) is 5.73. The monoisotopic (exact) mass is 286 g/mol. The van der Waals surface area contributed by atoms with E-state index in [2.05, 4.69) is 6.92 Å². The molecular weight excluding hydrogens is 256 g/mol. The maximum atomic E-state index is 11.6. The maximum absolute atomic E-state index is 11.6. The fraction of sp³-hybridized carbons (Fsp3) is 0.875. The van der Waals surface area contributed by atoms with Crippen LogP contribution in [-0.4, -0.2) is 24.6 Å². The Labute approximate surface area is 123 Å². The highest BCUT2D eigenvalue weighted by Crippen LogP contribution is 2.12. The highest BCUT2D eigenvalue weighted by Gasteiger charge is 2.16. The summed E-state index contributed by atoms with van der Waals surface area (Å²) in [6.07, 6.45) is 2.84. The number of rotatable bonds is 10. The average Bonchev–Trinajstić information content (AvgIpc) is 2.41. The molecule has 0 aromatic rings. The van der Waals surface area contributed by atoms with Gasteiger partial charge in [0.05, 0.1) is 6.61 Å². The predicted octanol–water partition coefficient (Wildman–Crippen LogP) is 3.72. The van der Waals surface area contributed by atoms with E-state index < -0.39 is 0 Å². The first-order valence-corrected chi connectivity index (χ1v) is 7.75. The highest BCUT2D eigenvalue weighted by molar-refractivity contribution is 5.72. The van der Waals surface area contributed by atoms with Crippen molar-refractivity contribution in [1.82, 2.24) is 0 Å². The first-order chi connectivity index (χ1) is 9.40. The summed E-state index contributed by atoms with van der Waals surface area (Å²) in [7, 11) is 0. The Hall–Kier alpha value is -1.06. The molecule has 0 aliphatic carbocycles. The van der Waals surface area contributed by atoms with E-state index in [0.29, 0.717) is 24.9 Å². The standard InChI is InChI=1S/C16H30O4/c1-6-13(5)11-19-15(17)9-8-10-16(18)20-14(7-2)12(3)4/h12-14H,6-11H2,1-5H3. The summed E-state index contributed by atoms with van der Waals surface area (Å²) in [5.74, 6) is 0.263. The van der Waals surface area contributed by atoms with Crippen LogP contribution in [0.15, 0.2) is 0 Å². The van der Waals surface area contributed by atoms with Crippen LogP contribution in [0.2, 0.25) is 0 Å². The Morgan fingerprint density at radius 1 is 0.950 bits per heavy atom. The van der Waals surface area contributed by atoms with Gasteiger partial charge >= 0.3 is 11.9 Å². The van der Waals surface area contributed by atoms with E-state index in [1.165, 1.54) is 0 Å². The molecule has 0 aromatic heterocycles. The van der Waals surface area contributed by atoms with Crippen molar-refractivity contribution in [3.63, 3.8) is 0 Å². The van der Waals surface area contributed by atoms with Crippen LogP contribution in [-0.2, 0) is 19.1 Å². The van der Waals surface area contributed by atoms with Crippen LogP contribution in [0.1, 0.15) is 66.7 Å². The van der Waals surface area contributed by atoms with E-state index in [4.69, 9.17) is 9.47 Å². The fourth-order valence-electron chi connectivity index (χ4n) is 1.72.